The summed E-state index contributed by atoms with van der Waals surface area (Å²) in [7, 11) is 3.11. The van der Waals surface area contributed by atoms with Gasteiger partial charge in [-0.1, -0.05) is 66.2 Å². The van der Waals surface area contributed by atoms with E-state index in [-0.39, 0.29) is 25.0 Å². The molecule has 7 heteroatoms. The van der Waals surface area contributed by atoms with Gasteiger partial charge in [0.2, 0.25) is 5.91 Å². The molecule has 0 saturated heterocycles. The van der Waals surface area contributed by atoms with Gasteiger partial charge in [-0.3, -0.25) is 9.59 Å². The number of ether oxygens (including phenoxy) is 2. The Balaban J connectivity index is 1.87. The number of benzene rings is 3. The van der Waals surface area contributed by atoms with Gasteiger partial charge < -0.3 is 19.7 Å². The van der Waals surface area contributed by atoms with Crippen LogP contribution in [0.2, 0.25) is 5.02 Å². The molecule has 0 radical (unpaired) electrons. The Kier molecular flexibility index (Phi) is 8.72. The van der Waals surface area contributed by atoms with Crippen molar-refractivity contribution in [2.45, 2.75) is 19.0 Å². The van der Waals surface area contributed by atoms with Crippen molar-refractivity contribution in [1.82, 2.24) is 10.2 Å². The largest absolute Gasteiger partial charge is 0.493 e. The first-order valence-electron chi connectivity index (χ1n) is 10.6. The van der Waals surface area contributed by atoms with Crippen LogP contribution in [-0.2, 0) is 22.6 Å². The van der Waals surface area contributed by atoms with Crippen LogP contribution in [0.4, 0.5) is 0 Å². The van der Waals surface area contributed by atoms with Crippen LogP contribution in [-0.4, -0.2) is 43.5 Å². The highest BCUT2D eigenvalue weighted by Gasteiger charge is 2.30. The number of para-hydroxylation sites is 2. The molecule has 172 valence electrons. The van der Waals surface area contributed by atoms with Gasteiger partial charge in [0.15, 0.2) is 18.1 Å². The minimum atomic E-state index is -0.721. The van der Waals surface area contributed by atoms with E-state index < -0.39 is 6.04 Å². The van der Waals surface area contributed by atoms with Gasteiger partial charge in [0, 0.05) is 25.0 Å². The van der Waals surface area contributed by atoms with E-state index in [1.807, 2.05) is 48.5 Å². The van der Waals surface area contributed by atoms with Crippen LogP contribution < -0.4 is 14.8 Å². The Morgan fingerprint density at radius 1 is 0.909 bits per heavy atom. The van der Waals surface area contributed by atoms with Crippen molar-refractivity contribution in [2.75, 3.05) is 20.8 Å². The highest BCUT2D eigenvalue weighted by Crippen LogP contribution is 2.26. The van der Waals surface area contributed by atoms with Crippen molar-refractivity contribution in [2.24, 2.45) is 0 Å². The maximum atomic E-state index is 13.4. The predicted octanol–water partition coefficient (Wildman–Crippen LogP) is 4.11. The number of likely N-dealkylation sites (N-methyl/N-ethyl adjacent to an activating group) is 1. The fraction of sp³-hybridized carbons (Fsp3) is 0.231. The second-order valence-electron chi connectivity index (χ2n) is 7.41. The fourth-order valence-corrected chi connectivity index (χ4v) is 3.59. The quantitative estimate of drug-likeness (QED) is 0.488. The standard InChI is InChI=1S/C26H27ClN2O4/c1-28-26(31)22(16-19-8-4-3-5-9-19)29(17-20-12-14-21(27)15-13-20)25(30)18-33-24-11-7-6-10-23(24)32-2/h3-15,22H,16-18H2,1-2H3,(H,28,31). The third kappa shape index (κ3) is 6.73. The fourth-order valence-electron chi connectivity index (χ4n) is 3.47. The summed E-state index contributed by atoms with van der Waals surface area (Å²) in [6, 6.07) is 23.2. The van der Waals surface area contributed by atoms with Gasteiger partial charge in [-0.2, -0.15) is 0 Å². The Bertz CT molecular complexity index is 1060. The Hall–Kier alpha value is -3.51. The zero-order valence-corrected chi connectivity index (χ0v) is 19.4. The molecule has 2 amide bonds. The van der Waals surface area contributed by atoms with Crippen LogP contribution in [0.3, 0.4) is 0 Å². The molecule has 3 rings (SSSR count). The molecule has 0 spiro atoms. The highest BCUT2D eigenvalue weighted by molar-refractivity contribution is 6.30. The van der Waals surface area contributed by atoms with Gasteiger partial charge in [-0.15, -0.1) is 0 Å². The van der Waals surface area contributed by atoms with E-state index in [1.54, 1.807) is 49.4 Å². The second kappa shape index (κ2) is 11.9. The Labute approximate surface area is 199 Å². The molecule has 0 aliphatic heterocycles. The van der Waals surface area contributed by atoms with Crippen LogP contribution in [0.25, 0.3) is 0 Å². The molecule has 0 aliphatic carbocycles. The first kappa shape index (κ1) is 24.1. The predicted molar refractivity (Wildman–Crippen MR) is 128 cm³/mol. The average molecular weight is 467 g/mol. The van der Waals surface area contributed by atoms with Crippen LogP contribution in [0.5, 0.6) is 11.5 Å². The van der Waals surface area contributed by atoms with Crippen LogP contribution in [0.15, 0.2) is 78.9 Å². The molecule has 0 bridgehead atoms. The number of hydrogen-bond acceptors (Lipinski definition) is 4. The van der Waals surface area contributed by atoms with Crippen molar-refractivity contribution >= 4 is 23.4 Å². The normalized spacial score (nSPS) is 11.4. The number of methoxy groups -OCH3 is 1. The first-order valence-corrected chi connectivity index (χ1v) is 10.9. The monoisotopic (exact) mass is 466 g/mol. The van der Waals surface area contributed by atoms with Gasteiger partial charge in [-0.05, 0) is 35.4 Å². The molecule has 3 aromatic carbocycles. The summed E-state index contributed by atoms with van der Waals surface area (Å²) in [5, 5.41) is 3.29. The van der Waals surface area contributed by atoms with Crippen LogP contribution >= 0.6 is 11.6 Å². The molecule has 3 aromatic rings. The van der Waals surface area contributed by atoms with Crippen LogP contribution in [0.1, 0.15) is 11.1 Å². The molecule has 1 atom stereocenters. The maximum Gasteiger partial charge on any atom is 0.261 e. The van der Waals surface area contributed by atoms with Crippen molar-refractivity contribution < 1.29 is 19.1 Å². The van der Waals surface area contributed by atoms with E-state index in [4.69, 9.17) is 21.1 Å². The van der Waals surface area contributed by atoms with E-state index in [1.165, 1.54) is 0 Å². The molecule has 1 N–H and O–H groups in total. The van der Waals surface area contributed by atoms with Gasteiger partial charge in [0.25, 0.3) is 5.91 Å². The number of rotatable bonds is 10. The summed E-state index contributed by atoms with van der Waals surface area (Å²) in [4.78, 5) is 27.8. The summed E-state index contributed by atoms with van der Waals surface area (Å²) >= 11 is 6.02. The number of carbonyl (C=O) groups excluding carboxylic acids is 2. The molecule has 0 aliphatic rings. The summed E-state index contributed by atoms with van der Waals surface area (Å²) < 4.78 is 11.1. The summed E-state index contributed by atoms with van der Waals surface area (Å²) in [5.74, 6) is 0.417. The molecular formula is C26H27ClN2O4. The van der Waals surface area contributed by atoms with E-state index in [9.17, 15) is 9.59 Å². The van der Waals surface area contributed by atoms with Gasteiger partial charge in [0.05, 0.1) is 7.11 Å². The molecule has 0 fully saturated rings. The lowest BCUT2D eigenvalue weighted by molar-refractivity contribution is -0.142. The van der Waals surface area contributed by atoms with Gasteiger partial charge in [0.1, 0.15) is 6.04 Å². The maximum absolute atomic E-state index is 13.4. The number of nitrogens with zero attached hydrogens (tertiary/aromatic N) is 1. The molecule has 0 heterocycles. The topological polar surface area (TPSA) is 67.9 Å². The SMILES string of the molecule is CNC(=O)C(Cc1ccccc1)N(Cc1ccc(Cl)cc1)C(=O)COc1ccccc1OC. The van der Waals surface area contributed by atoms with Gasteiger partial charge in [-0.25, -0.2) is 0 Å². The lowest BCUT2D eigenvalue weighted by Gasteiger charge is -2.31. The van der Waals surface area contributed by atoms with E-state index in [2.05, 4.69) is 5.32 Å². The number of amides is 2. The minimum absolute atomic E-state index is 0.232. The van der Waals surface area contributed by atoms with Crippen molar-refractivity contribution in [3.05, 3.63) is 95.0 Å². The van der Waals surface area contributed by atoms with Crippen molar-refractivity contribution in [3.8, 4) is 11.5 Å². The number of carbonyl (C=O) groups is 2. The van der Waals surface area contributed by atoms with Crippen molar-refractivity contribution in [1.29, 1.82) is 0 Å². The van der Waals surface area contributed by atoms with E-state index in [0.717, 1.165) is 11.1 Å². The van der Waals surface area contributed by atoms with E-state index in [0.29, 0.717) is 22.9 Å². The Morgan fingerprint density at radius 2 is 1.55 bits per heavy atom. The average Bonchev–Trinajstić information content (AvgIpc) is 2.86. The Morgan fingerprint density at radius 3 is 2.18 bits per heavy atom. The second-order valence-corrected chi connectivity index (χ2v) is 7.84. The molecule has 0 saturated carbocycles. The summed E-state index contributed by atoms with van der Waals surface area (Å²) in [6.07, 6.45) is 0.370. The zero-order chi connectivity index (χ0) is 23.6. The minimum Gasteiger partial charge on any atom is -0.493 e. The van der Waals surface area contributed by atoms with Crippen LogP contribution in [0, 0.1) is 0 Å². The number of hydrogen-bond donors (Lipinski definition) is 1. The molecule has 1 unspecified atom stereocenters. The third-order valence-corrected chi connectivity index (χ3v) is 5.46. The highest BCUT2D eigenvalue weighted by atomic mass is 35.5. The van der Waals surface area contributed by atoms with E-state index >= 15 is 0 Å². The lowest BCUT2D eigenvalue weighted by Crippen LogP contribution is -2.51. The molecule has 6 nitrogen and oxygen atoms in total. The smallest absolute Gasteiger partial charge is 0.261 e. The van der Waals surface area contributed by atoms with Gasteiger partial charge >= 0.3 is 0 Å². The third-order valence-electron chi connectivity index (χ3n) is 5.20. The first-order chi connectivity index (χ1) is 16.0. The summed E-state index contributed by atoms with van der Waals surface area (Å²) in [5.41, 5.74) is 1.80. The molecular weight excluding hydrogens is 440 g/mol. The zero-order valence-electron chi connectivity index (χ0n) is 18.7. The van der Waals surface area contributed by atoms with Crippen molar-refractivity contribution in [3.63, 3.8) is 0 Å². The molecule has 33 heavy (non-hydrogen) atoms. The number of halogens is 1. The number of nitrogens with one attached hydrogen (secondary N) is 1. The lowest BCUT2D eigenvalue weighted by atomic mass is 10.0. The molecule has 0 aromatic heterocycles. The summed E-state index contributed by atoms with van der Waals surface area (Å²) in [6.45, 7) is -0.00749.